The molecule has 1 heterocycles. The molecule has 3 atom stereocenters. The number of rotatable bonds is 5. The van der Waals surface area contributed by atoms with Gasteiger partial charge in [0.1, 0.15) is 0 Å². The van der Waals surface area contributed by atoms with Crippen LogP contribution in [0.3, 0.4) is 0 Å². The molecule has 1 saturated heterocycles. The average Bonchev–Trinajstić information content (AvgIpc) is 3.07. The zero-order valence-corrected chi connectivity index (χ0v) is 14.7. The van der Waals surface area contributed by atoms with Crippen molar-refractivity contribution in [1.82, 2.24) is 9.80 Å². The smallest absolute Gasteiger partial charge is 0.237 e. The van der Waals surface area contributed by atoms with Crippen LogP contribution in [0.2, 0.25) is 0 Å². The second-order valence-corrected chi connectivity index (χ2v) is 8.25. The third-order valence-corrected chi connectivity index (χ3v) is 6.59. The van der Waals surface area contributed by atoms with E-state index in [0.29, 0.717) is 37.7 Å². The number of carbonyl (C=O) groups excluding carboxylic acids is 1. The molecule has 136 valence electrons. The lowest BCUT2D eigenvalue weighted by molar-refractivity contribution is -0.139. The molecule has 4 aliphatic rings. The van der Waals surface area contributed by atoms with Gasteiger partial charge in [-0.25, -0.2) is 0 Å². The molecule has 3 aliphatic carbocycles. The summed E-state index contributed by atoms with van der Waals surface area (Å²) in [5, 5.41) is 10.3. The molecule has 1 aliphatic heterocycles. The molecule has 1 N–H and O–H groups in total. The summed E-state index contributed by atoms with van der Waals surface area (Å²) in [4.78, 5) is 17.7. The number of amides is 1. The number of aliphatic hydroxyl groups excluding tert-OH is 1. The predicted molar refractivity (Wildman–Crippen MR) is 91.7 cm³/mol. The van der Waals surface area contributed by atoms with Crippen molar-refractivity contribution in [3.05, 3.63) is 0 Å². The first-order chi connectivity index (χ1) is 11.7. The Labute approximate surface area is 145 Å². The monoisotopic (exact) mass is 336 g/mol. The summed E-state index contributed by atoms with van der Waals surface area (Å²) in [7, 11) is 0. The van der Waals surface area contributed by atoms with Crippen LogP contribution in [0.15, 0.2) is 0 Å². The van der Waals surface area contributed by atoms with Crippen molar-refractivity contribution < 1.29 is 14.6 Å². The minimum Gasteiger partial charge on any atom is -0.393 e. The molecule has 5 heteroatoms. The van der Waals surface area contributed by atoms with Gasteiger partial charge in [-0.15, -0.1) is 0 Å². The van der Waals surface area contributed by atoms with Gasteiger partial charge in [-0.2, -0.15) is 0 Å². The molecule has 5 nitrogen and oxygen atoms in total. The fraction of sp³-hybridized carbons (Fsp3) is 0.947. The van der Waals surface area contributed by atoms with E-state index in [9.17, 15) is 9.90 Å². The summed E-state index contributed by atoms with van der Waals surface area (Å²) in [6.45, 7) is 2.72. The highest BCUT2D eigenvalue weighted by atomic mass is 16.5. The quantitative estimate of drug-likeness (QED) is 0.831. The Morgan fingerprint density at radius 3 is 2.46 bits per heavy atom. The van der Waals surface area contributed by atoms with Gasteiger partial charge in [0, 0.05) is 30.6 Å². The summed E-state index contributed by atoms with van der Waals surface area (Å²) in [5.41, 5.74) is 0. The predicted octanol–water partition coefficient (Wildman–Crippen LogP) is 1.78. The van der Waals surface area contributed by atoms with E-state index in [1.54, 1.807) is 0 Å². The molecule has 4 fully saturated rings. The third-order valence-electron chi connectivity index (χ3n) is 6.59. The first-order valence-corrected chi connectivity index (χ1v) is 10.0. The fourth-order valence-electron chi connectivity index (χ4n) is 5.16. The molecule has 1 amide bonds. The van der Waals surface area contributed by atoms with Crippen molar-refractivity contribution in [2.45, 2.75) is 82.0 Å². The van der Waals surface area contributed by atoms with Gasteiger partial charge in [0.2, 0.25) is 5.91 Å². The van der Waals surface area contributed by atoms with Crippen LogP contribution in [-0.4, -0.2) is 71.3 Å². The molecule has 0 radical (unpaired) electrons. The summed E-state index contributed by atoms with van der Waals surface area (Å²) < 4.78 is 5.70. The average molecular weight is 336 g/mol. The molecule has 0 spiro atoms. The zero-order chi connectivity index (χ0) is 16.5. The number of aliphatic hydroxyl groups is 1. The van der Waals surface area contributed by atoms with Gasteiger partial charge in [-0.05, 0) is 38.5 Å². The first kappa shape index (κ1) is 16.8. The van der Waals surface area contributed by atoms with E-state index >= 15 is 0 Å². The van der Waals surface area contributed by atoms with Crippen LogP contribution in [0, 0.1) is 5.92 Å². The number of carbonyl (C=O) groups is 1. The number of morpholine rings is 1. The number of nitrogens with zero attached hydrogens (tertiary/aromatic N) is 2. The normalized spacial score (nSPS) is 35.5. The van der Waals surface area contributed by atoms with Gasteiger partial charge >= 0.3 is 0 Å². The van der Waals surface area contributed by atoms with Crippen molar-refractivity contribution in [2.24, 2.45) is 5.92 Å². The van der Waals surface area contributed by atoms with Crippen LogP contribution < -0.4 is 0 Å². The third kappa shape index (κ3) is 3.49. The van der Waals surface area contributed by atoms with E-state index in [1.807, 2.05) is 0 Å². The van der Waals surface area contributed by atoms with Gasteiger partial charge in [0.05, 0.1) is 25.9 Å². The zero-order valence-electron chi connectivity index (χ0n) is 14.7. The van der Waals surface area contributed by atoms with Gasteiger partial charge in [0.15, 0.2) is 0 Å². The Bertz CT molecular complexity index is 448. The second kappa shape index (κ2) is 7.30. The molecule has 3 unspecified atom stereocenters. The highest BCUT2D eigenvalue weighted by Gasteiger charge is 2.42. The van der Waals surface area contributed by atoms with Crippen molar-refractivity contribution in [2.75, 3.05) is 26.3 Å². The van der Waals surface area contributed by atoms with Crippen molar-refractivity contribution in [3.8, 4) is 0 Å². The van der Waals surface area contributed by atoms with E-state index in [1.165, 1.54) is 38.5 Å². The summed E-state index contributed by atoms with van der Waals surface area (Å²) in [6, 6.07) is 1.21. The largest absolute Gasteiger partial charge is 0.393 e. The highest BCUT2D eigenvalue weighted by molar-refractivity contribution is 5.79. The number of hydrogen-bond acceptors (Lipinski definition) is 4. The lowest BCUT2D eigenvalue weighted by Gasteiger charge is -2.41. The Kier molecular flexibility index (Phi) is 5.11. The summed E-state index contributed by atoms with van der Waals surface area (Å²) in [6.07, 6.45) is 10.2. The summed E-state index contributed by atoms with van der Waals surface area (Å²) in [5.74, 6) is 0.600. The van der Waals surface area contributed by atoms with Crippen LogP contribution in [0.5, 0.6) is 0 Å². The summed E-state index contributed by atoms with van der Waals surface area (Å²) >= 11 is 0. The lowest BCUT2D eigenvalue weighted by atomic mass is 9.94. The first-order valence-electron chi connectivity index (χ1n) is 10.0. The van der Waals surface area contributed by atoms with E-state index in [4.69, 9.17) is 4.74 Å². The molecule has 4 rings (SSSR count). The number of ether oxygens (including phenoxy) is 1. The minimum atomic E-state index is -0.219. The molecule has 24 heavy (non-hydrogen) atoms. The molecule has 0 aromatic heterocycles. The van der Waals surface area contributed by atoms with Crippen LogP contribution in [0.25, 0.3) is 0 Å². The fourth-order valence-corrected chi connectivity index (χ4v) is 5.16. The van der Waals surface area contributed by atoms with Gasteiger partial charge in [-0.1, -0.05) is 19.3 Å². The van der Waals surface area contributed by atoms with Crippen LogP contribution in [0.1, 0.15) is 57.8 Å². The van der Waals surface area contributed by atoms with Crippen LogP contribution >= 0.6 is 0 Å². The Balaban J connectivity index is 1.42. The number of hydrogen-bond donors (Lipinski definition) is 1. The molecule has 3 saturated carbocycles. The van der Waals surface area contributed by atoms with Crippen molar-refractivity contribution >= 4 is 5.91 Å². The maximum absolute atomic E-state index is 13.1. The van der Waals surface area contributed by atoms with Gasteiger partial charge < -0.3 is 14.7 Å². The van der Waals surface area contributed by atoms with E-state index in [0.717, 1.165) is 25.8 Å². The minimum absolute atomic E-state index is 0.213. The molecule has 0 aromatic carbocycles. The van der Waals surface area contributed by atoms with Gasteiger partial charge in [0.25, 0.3) is 0 Å². The van der Waals surface area contributed by atoms with Gasteiger partial charge in [-0.3, -0.25) is 9.69 Å². The Hall–Kier alpha value is -0.650. The van der Waals surface area contributed by atoms with E-state index in [2.05, 4.69) is 9.80 Å². The van der Waals surface area contributed by atoms with Crippen LogP contribution in [-0.2, 0) is 9.53 Å². The Morgan fingerprint density at radius 1 is 1.04 bits per heavy atom. The SMILES string of the molecule is O=C(CN1CCOCC1C1CCCC1O)N(C1CCCC1)C1CC1. The maximum Gasteiger partial charge on any atom is 0.237 e. The lowest BCUT2D eigenvalue weighted by Crippen LogP contribution is -2.55. The van der Waals surface area contributed by atoms with Crippen molar-refractivity contribution in [3.63, 3.8) is 0 Å². The molecular weight excluding hydrogens is 304 g/mol. The standard InChI is InChI=1S/C19H32N2O3/c22-18-7-3-6-16(18)17-13-24-11-10-20(17)12-19(23)21(15-8-9-15)14-4-1-2-5-14/h14-18,22H,1-13H2. The molecule has 0 aromatic rings. The van der Waals surface area contributed by atoms with E-state index < -0.39 is 0 Å². The van der Waals surface area contributed by atoms with Crippen molar-refractivity contribution in [1.29, 1.82) is 0 Å². The van der Waals surface area contributed by atoms with E-state index in [-0.39, 0.29) is 18.1 Å². The van der Waals surface area contributed by atoms with Crippen LogP contribution in [0.4, 0.5) is 0 Å². The second-order valence-electron chi connectivity index (χ2n) is 8.25. The molecule has 0 bridgehead atoms. The Morgan fingerprint density at radius 2 is 1.79 bits per heavy atom. The maximum atomic E-state index is 13.1. The highest BCUT2D eigenvalue weighted by Crippen LogP contribution is 2.36. The molecular formula is C19H32N2O3. The topological polar surface area (TPSA) is 53.0 Å².